The second-order valence-corrected chi connectivity index (χ2v) is 6.01. The van der Waals surface area contributed by atoms with Gasteiger partial charge in [-0.1, -0.05) is 17.7 Å². The Morgan fingerprint density at radius 2 is 2.15 bits per heavy atom. The summed E-state index contributed by atoms with van der Waals surface area (Å²) in [5.74, 6) is 0.618. The second-order valence-electron chi connectivity index (χ2n) is 5.57. The number of halogens is 1. The number of hydrogen-bond acceptors (Lipinski definition) is 6. The van der Waals surface area contributed by atoms with E-state index in [1.165, 1.54) is 18.5 Å². The zero-order valence-electron chi connectivity index (χ0n) is 13.8. The van der Waals surface area contributed by atoms with E-state index in [0.29, 0.717) is 35.1 Å². The molecule has 3 rings (SSSR count). The highest BCUT2D eigenvalue weighted by Crippen LogP contribution is 2.30. The number of nitro benzene ring substituents is 1. The van der Waals surface area contributed by atoms with Crippen molar-refractivity contribution in [3.8, 4) is 5.75 Å². The molecule has 0 saturated heterocycles. The van der Waals surface area contributed by atoms with Crippen LogP contribution in [0.2, 0.25) is 5.02 Å². The molecule has 0 aliphatic heterocycles. The third-order valence-electron chi connectivity index (χ3n) is 3.84. The Bertz CT molecular complexity index is 1020. The van der Waals surface area contributed by atoms with Gasteiger partial charge in [-0.05, 0) is 24.3 Å². The molecular weight excluding hydrogens is 360 g/mol. The van der Waals surface area contributed by atoms with Crippen molar-refractivity contribution in [2.24, 2.45) is 0 Å². The van der Waals surface area contributed by atoms with Crippen LogP contribution in [0.15, 0.2) is 47.5 Å². The van der Waals surface area contributed by atoms with Gasteiger partial charge in [-0.15, -0.1) is 0 Å². The molecule has 0 aliphatic rings. The van der Waals surface area contributed by atoms with Gasteiger partial charge in [0.05, 0.1) is 28.7 Å². The van der Waals surface area contributed by atoms with E-state index in [-0.39, 0.29) is 11.1 Å². The molecule has 1 N–H and O–H groups in total. The summed E-state index contributed by atoms with van der Waals surface area (Å²) in [5.41, 5.74) is 0.158. The first kappa shape index (κ1) is 17.7. The molecular formula is C17H15ClN4O4. The number of likely N-dealkylation sites (N-methyl/N-ethyl adjacent to an activating group) is 1. The van der Waals surface area contributed by atoms with Crippen molar-refractivity contribution in [2.75, 3.05) is 25.1 Å². The van der Waals surface area contributed by atoms with Gasteiger partial charge in [0.2, 0.25) is 0 Å². The van der Waals surface area contributed by atoms with E-state index in [4.69, 9.17) is 16.3 Å². The van der Waals surface area contributed by atoms with Crippen molar-refractivity contribution >= 4 is 33.9 Å². The lowest BCUT2D eigenvalue weighted by Gasteiger charge is -2.19. The summed E-state index contributed by atoms with van der Waals surface area (Å²) in [7, 11) is 1.71. The zero-order valence-corrected chi connectivity index (χ0v) is 14.6. The van der Waals surface area contributed by atoms with Crippen LogP contribution >= 0.6 is 11.6 Å². The Morgan fingerprint density at radius 3 is 2.88 bits per heavy atom. The first-order valence-corrected chi connectivity index (χ1v) is 8.09. The van der Waals surface area contributed by atoms with Gasteiger partial charge in [0.15, 0.2) is 0 Å². The van der Waals surface area contributed by atoms with Crippen LogP contribution in [0.25, 0.3) is 10.9 Å². The van der Waals surface area contributed by atoms with Crippen LogP contribution < -0.4 is 15.2 Å². The predicted molar refractivity (Wildman–Crippen MR) is 99.2 cm³/mol. The quantitative estimate of drug-likeness (QED) is 0.525. The van der Waals surface area contributed by atoms with Crippen LogP contribution in [0.5, 0.6) is 5.75 Å². The maximum absolute atomic E-state index is 11.8. The summed E-state index contributed by atoms with van der Waals surface area (Å²) in [6.45, 7) is 0.691. The largest absolute Gasteiger partial charge is 0.492 e. The molecule has 0 atom stereocenters. The lowest BCUT2D eigenvalue weighted by atomic mass is 10.1. The summed E-state index contributed by atoms with van der Waals surface area (Å²) in [4.78, 5) is 30.9. The van der Waals surface area contributed by atoms with Crippen molar-refractivity contribution in [3.63, 3.8) is 0 Å². The van der Waals surface area contributed by atoms with Gasteiger partial charge in [-0.3, -0.25) is 14.9 Å². The second kappa shape index (κ2) is 7.40. The van der Waals surface area contributed by atoms with E-state index in [9.17, 15) is 14.9 Å². The highest BCUT2D eigenvalue weighted by molar-refractivity contribution is 6.30. The fraction of sp³-hybridized carbons (Fsp3) is 0.176. The number of nitrogens with one attached hydrogen (secondary N) is 1. The highest BCUT2D eigenvalue weighted by Gasteiger charge is 2.20. The number of rotatable bonds is 6. The van der Waals surface area contributed by atoms with Crippen LogP contribution in [-0.4, -0.2) is 35.1 Å². The molecule has 1 aromatic heterocycles. The third-order valence-corrected chi connectivity index (χ3v) is 4.07. The molecule has 0 bridgehead atoms. The summed E-state index contributed by atoms with van der Waals surface area (Å²) >= 11 is 5.91. The molecule has 134 valence electrons. The minimum atomic E-state index is -0.518. The highest BCUT2D eigenvalue weighted by atomic mass is 35.5. The average Bonchev–Trinajstić information content (AvgIpc) is 2.61. The number of aromatic amines is 1. The standard InChI is InChI=1S/C17H15ClN4O4/c1-21(5-6-26-12-4-2-3-11(18)7-12)15-9-14-13(8-16(15)22(24)25)17(23)20-10-19-14/h2-4,7-10H,5-6H2,1H3,(H,19,20,23). The zero-order chi connectivity index (χ0) is 18.7. The van der Waals surface area contributed by atoms with Gasteiger partial charge >= 0.3 is 0 Å². The van der Waals surface area contributed by atoms with Gasteiger partial charge in [0.25, 0.3) is 11.2 Å². The first-order valence-electron chi connectivity index (χ1n) is 7.71. The van der Waals surface area contributed by atoms with Crippen molar-refractivity contribution in [1.82, 2.24) is 9.97 Å². The molecule has 0 unspecified atom stereocenters. The predicted octanol–water partition coefficient (Wildman–Crippen LogP) is 3.00. The van der Waals surface area contributed by atoms with E-state index in [1.54, 1.807) is 36.2 Å². The maximum Gasteiger partial charge on any atom is 0.293 e. The Labute approximate surface area is 153 Å². The molecule has 0 aliphatic carbocycles. The molecule has 0 radical (unpaired) electrons. The van der Waals surface area contributed by atoms with Gasteiger partial charge < -0.3 is 14.6 Å². The monoisotopic (exact) mass is 374 g/mol. The number of fused-ring (bicyclic) bond motifs is 1. The Kier molecular flexibility index (Phi) is 5.04. The van der Waals surface area contributed by atoms with E-state index in [1.807, 2.05) is 0 Å². The Morgan fingerprint density at radius 1 is 1.35 bits per heavy atom. The number of anilines is 1. The van der Waals surface area contributed by atoms with Gasteiger partial charge in [0, 0.05) is 18.1 Å². The number of H-pyrrole nitrogens is 1. The molecule has 3 aromatic rings. The Balaban J connectivity index is 1.82. The minimum absolute atomic E-state index is 0.166. The lowest BCUT2D eigenvalue weighted by Crippen LogP contribution is -2.24. The van der Waals surface area contributed by atoms with Crippen molar-refractivity contribution in [2.45, 2.75) is 0 Å². The first-order chi connectivity index (χ1) is 12.5. The molecule has 9 heteroatoms. The van der Waals surface area contributed by atoms with Crippen LogP contribution in [0, 0.1) is 10.1 Å². The normalized spacial score (nSPS) is 10.7. The summed E-state index contributed by atoms with van der Waals surface area (Å²) in [6, 6.07) is 9.76. The SMILES string of the molecule is CN(CCOc1cccc(Cl)c1)c1cc2nc[nH]c(=O)c2cc1[N+](=O)[O-]. The summed E-state index contributed by atoms with van der Waals surface area (Å²) in [6.07, 6.45) is 1.27. The number of nitro groups is 1. The number of nitrogens with zero attached hydrogens (tertiary/aromatic N) is 3. The van der Waals surface area contributed by atoms with Gasteiger partial charge in [-0.25, -0.2) is 4.98 Å². The molecule has 1 heterocycles. The van der Waals surface area contributed by atoms with Gasteiger partial charge in [0.1, 0.15) is 18.0 Å². The molecule has 26 heavy (non-hydrogen) atoms. The molecule has 0 spiro atoms. The number of aromatic nitrogens is 2. The molecule has 0 saturated carbocycles. The minimum Gasteiger partial charge on any atom is -0.492 e. The van der Waals surface area contributed by atoms with Crippen molar-refractivity contribution in [1.29, 1.82) is 0 Å². The van der Waals surface area contributed by atoms with Crippen LogP contribution in [0.4, 0.5) is 11.4 Å². The van der Waals surface area contributed by atoms with Crippen LogP contribution in [0.3, 0.4) is 0 Å². The number of benzene rings is 2. The van der Waals surface area contributed by atoms with E-state index < -0.39 is 10.5 Å². The smallest absolute Gasteiger partial charge is 0.293 e. The van der Waals surface area contributed by atoms with E-state index >= 15 is 0 Å². The lowest BCUT2D eigenvalue weighted by molar-refractivity contribution is -0.384. The van der Waals surface area contributed by atoms with Crippen LogP contribution in [-0.2, 0) is 0 Å². The third kappa shape index (κ3) is 3.75. The number of hydrogen-bond donors (Lipinski definition) is 1. The van der Waals surface area contributed by atoms with Crippen LogP contribution in [0.1, 0.15) is 0 Å². The maximum atomic E-state index is 11.8. The van der Waals surface area contributed by atoms with E-state index in [0.717, 1.165) is 0 Å². The summed E-state index contributed by atoms with van der Waals surface area (Å²) < 4.78 is 5.62. The molecule has 0 amide bonds. The molecule has 2 aromatic carbocycles. The molecule has 0 fully saturated rings. The number of ether oxygens (including phenoxy) is 1. The van der Waals surface area contributed by atoms with Gasteiger partial charge in [-0.2, -0.15) is 0 Å². The van der Waals surface area contributed by atoms with Crippen molar-refractivity contribution in [3.05, 3.63) is 68.2 Å². The Hall–Kier alpha value is -3.13. The average molecular weight is 375 g/mol. The summed E-state index contributed by atoms with van der Waals surface area (Å²) in [5, 5.41) is 12.2. The van der Waals surface area contributed by atoms with E-state index in [2.05, 4.69) is 9.97 Å². The molecule has 8 nitrogen and oxygen atoms in total. The van der Waals surface area contributed by atoms with Crippen molar-refractivity contribution < 1.29 is 9.66 Å². The fourth-order valence-electron chi connectivity index (χ4n) is 2.52. The topological polar surface area (TPSA) is 101 Å². The fourth-order valence-corrected chi connectivity index (χ4v) is 2.70.